The average molecular weight is 195 g/mol. The number of carbonyl (C=O) groups is 2. The van der Waals surface area contributed by atoms with Crippen LogP contribution in [0.3, 0.4) is 0 Å². The normalized spacial score (nSPS) is 21.0. The monoisotopic (exact) mass is 195 g/mol. The maximum Gasteiger partial charge on any atom is 0.233 e. The highest BCUT2D eigenvalue weighted by molar-refractivity contribution is 6.02. The fourth-order valence-corrected chi connectivity index (χ4v) is 1.83. The SMILES string of the molecule is C=C(C)CN(C)C(=O)C1CCCC1=O. The van der Waals surface area contributed by atoms with Gasteiger partial charge in [-0.05, 0) is 19.8 Å². The van der Waals surface area contributed by atoms with Crippen molar-refractivity contribution in [1.82, 2.24) is 4.90 Å². The Kier molecular flexibility index (Phi) is 3.44. The number of ketones is 1. The van der Waals surface area contributed by atoms with Gasteiger partial charge in [0.05, 0.1) is 5.92 Å². The summed E-state index contributed by atoms with van der Waals surface area (Å²) in [6.45, 7) is 6.16. The van der Waals surface area contributed by atoms with Gasteiger partial charge in [-0.15, -0.1) is 0 Å². The van der Waals surface area contributed by atoms with Crippen LogP contribution in [-0.2, 0) is 9.59 Å². The first-order valence-electron chi connectivity index (χ1n) is 4.94. The average Bonchev–Trinajstić information content (AvgIpc) is 2.48. The van der Waals surface area contributed by atoms with Crippen LogP contribution in [-0.4, -0.2) is 30.2 Å². The van der Waals surface area contributed by atoms with Gasteiger partial charge in [-0.2, -0.15) is 0 Å². The molecule has 0 aromatic carbocycles. The third-order valence-corrected chi connectivity index (χ3v) is 2.49. The molecule has 0 spiro atoms. The third-order valence-electron chi connectivity index (χ3n) is 2.49. The highest BCUT2D eigenvalue weighted by Crippen LogP contribution is 2.23. The van der Waals surface area contributed by atoms with E-state index >= 15 is 0 Å². The second-order valence-corrected chi connectivity index (χ2v) is 4.06. The minimum absolute atomic E-state index is 0.0458. The zero-order chi connectivity index (χ0) is 10.7. The standard InChI is InChI=1S/C11H17NO2/c1-8(2)7-12(3)11(14)9-5-4-6-10(9)13/h9H,1,4-7H2,2-3H3. The van der Waals surface area contributed by atoms with Gasteiger partial charge in [-0.1, -0.05) is 12.2 Å². The molecule has 1 fully saturated rings. The maximum atomic E-state index is 11.8. The fraction of sp³-hybridized carbons (Fsp3) is 0.636. The molecule has 1 unspecified atom stereocenters. The van der Waals surface area contributed by atoms with Crippen LogP contribution in [0.15, 0.2) is 12.2 Å². The van der Waals surface area contributed by atoms with E-state index in [0.717, 1.165) is 18.4 Å². The molecule has 0 heterocycles. The summed E-state index contributed by atoms with van der Waals surface area (Å²) in [6.07, 6.45) is 2.14. The predicted octanol–water partition coefficient (Wildman–Crippen LogP) is 1.39. The van der Waals surface area contributed by atoms with Gasteiger partial charge in [0.2, 0.25) is 5.91 Å². The Morgan fingerprint density at radius 3 is 2.71 bits per heavy atom. The molecule has 0 aliphatic heterocycles. The zero-order valence-electron chi connectivity index (χ0n) is 8.88. The molecule has 1 aliphatic carbocycles. The highest BCUT2D eigenvalue weighted by atomic mass is 16.2. The van der Waals surface area contributed by atoms with Crippen molar-refractivity contribution in [3.05, 3.63) is 12.2 Å². The lowest BCUT2D eigenvalue weighted by molar-refractivity contribution is -0.138. The number of nitrogens with zero attached hydrogens (tertiary/aromatic N) is 1. The van der Waals surface area contributed by atoms with E-state index in [4.69, 9.17) is 0 Å². The van der Waals surface area contributed by atoms with Crippen molar-refractivity contribution in [3.63, 3.8) is 0 Å². The van der Waals surface area contributed by atoms with Gasteiger partial charge in [-0.25, -0.2) is 0 Å². The molecule has 14 heavy (non-hydrogen) atoms. The van der Waals surface area contributed by atoms with E-state index in [2.05, 4.69) is 6.58 Å². The molecule has 78 valence electrons. The predicted molar refractivity (Wildman–Crippen MR) is 54.8 cm³/mol. The lowest BCUT2D eigenvalue weighted by Crippen LogP contribution is -2.35. The molecule has 0 radical (unpaired) electrons. The summed E-state index contributed by atoms with van der Waals surface area (Å²) in [6, 6.07) is 0. The smallest absolute Gasteiger partial charge is 0.233 e. The van der Waals surface area contributed by atoms with Gasteiger partial charge >= 0.3 is 0 Å². The van der Waals surface area contributed by atoms with Gasteiger partial charge in [0.1, 0.15) is 5.78 Å². The Balaban J connectivity index is 2.55. The van der Waals surface area contributed by atoms with Gasteiger partial charge in [0.25, 0.3) is 0 Å². The van der Waals surface area contributed by atoms with E-state index in [-0.39, 0.29) is 17.6 Å². The molecule has 1 rings (SSSR count). The number of Topliss-reactive ketones (excluding diaryl/α,β-unsaturated/α-hetero) is 1. The molecule has 1 aliphatic rings. The summed E-state index contributed by atoms with van der Waals surface area (Å²) in [5.74, 6) is -0.321. The Morgan fingerprint density at radius 1 is 1.64 bits per heavy atom. The maximum absolute atomic E-state index is 11.8. The van der Waals surface area contributed by atoms with E-state index in [0.29, 0.717) is 13.0 Å². The molecule has 0 aromatic rings. The molecular weight excluding hydrogens is 178 g/mol. The van der Waals surface area contributed by atoms with Crippen molar-refractivity contribution >= 4 is 11.7 Å². The Morgan fingerprint density at radius 2 is 2.29 bits per heavy atom. The number of hydrogen-bond acceptors (Lipinski definition) is 2. The summed E-state index contributed by atoms with van der Waals surface area (Å²) in [5, 5.41) is 0. The van der Waals surface area contributed by atoms with Crippen LogP contribution in [0.4, 0.5) is 0 Å². The molecular formula is C11H17NO2. The number of likely N-dealkylation sites (N-methyl/N-ethyl adjacent to an activating group) is 1. The van der Waals surface area contributed by atoms with E-state index in [1.807, 2.05) is 6.92 Å². The minimum Gasteiger partial charge on any atom is -0.341 e. The summed E-state index contributed by atoms with van der Waals surface area (Å²) >= 11 is 0. The Bertz CT molecular complexity index is 270. The molecule has 0 bridgehead atoms. The number of amides is 1. The molecule has 0 N–H and O–H groups in total. The number of carbonyl (C=O) groups excluding carboxylic acids is 2. The highest BCUT2D eigenvalue weighted by Gasteiger charge is 2.32. The van der Waals surface area contributed by atoms with Crippen molar-refractivity contribution in [1.29, 1.82) is 0 Å². The number of rotatable bonds is 3. The van der Waals surface area contributed by atoms with Crippen molar-refractivity contribution in [2.45, 2.75) is 26.2 Å². The first-order valence-corrected chi connectivity index (χ1v) is 4.94. The quantitative estimate of drug-likeness (QED) is 0.504. The Labute approximate surface area is 84.8 Å². The van der Waals surface area contributed by atoms with Gasteiger partial charge in [-0.3, -0.25) is 9.59 Å². The van der Waals surface area contributed by atoms with Crippen molar-refractivity contribution in [3.8, 4) is 0 Å². The van der Waals surface area contributed by atoms with Crippen molar-refractivity contribution < 1.29 is 9.59 Å². The van der Waals surface area contributed by atoms with E-state index in [9.17, 15) is 9.59 Å². The number of hydrogen-bond donors (Lipinski definition) is 0. The zero-order valence-corrected chi connectivity index (χ0v) is 8.88. The summed E-state index contributed by atoms with van der Waals surface area (Å²) in [5.41, 5.74) is 0.936. The molecule has 1 saturated carbocycles. The molecule has 0 saturated heterocycles. The van der Waals surface area contributed by atoms with Crippen LogP contribution in [0.1, 0.15) is 26.2 Å². The van der Waals surface area contributed by atoms with Gasteiger partial charge in [0, 0.05) is 20.0 Å². The molecule has 3 heteroatoms. The van der Waals surface area contributed by atoms with E-state index in [1.165, 1.54) is 0 Å². The van der Waals surface area contributed by atoms with Crippen LogP contribution >= 0.6 is 0 Å². The van der Waals surface area contributed by atoms with Crippen LogP contribution in [0.25, 0.3) is 0 Å². The first kappa shape index (κ1) is 11.0. The summed E-state index contributed by atoms with van der Waals surface area (Å²) < 4.78 is 0. The first-order chi connectivity index (χ1) is 6.52. The Hall–Kier alpha value is -1.12. The van der Waals surface area contributed by atoms with Gasteiger partial charge in [0.15, 0.2) is 0 Å². The second-order valence-electron chi connectivity index (χ2n) is 4.06. The van der Waals surface area contributed by atoms with Crippen LogP contribution in [0.2, 0.25) is 0 Å². The lowest BCUT2D eigenvalue weighted by atomic mass is 10.1. The molecule has 3 nitrogen and oxygen atoms in total. The van der Waals surface area contributed by atoms with E-state index in [1.54, 1.807) is 11.9 Å². The molecule has 0 aromatic heterocycles. The minimum atomic E-state index is -0.376. The topological polar surface area (TPSA) is 37.4 Å². The molecule has 1 atom stereocenters. The third kappa shape index (κ3) is 2.44. The fourth-order valence-electron chi connectivity index (χ4n) is 1.83. The van der Waals surface area contributed by atoms with Gasteiger partial charge < -0.3 is 4.90 Å². The summed E-state index contributed by atoms with van der Waals surface area (Å²) in [7, 11) is 1.72. The van der Waals surface area contributed by atoms with Crippen molar-refractivity contribution in [2.24, 2.45) is 5.92 Å². The largest absolute Gasteiger partial charge is 0.341 e. The van der Waals surface area contributed by atoms with Crippen LogP contribution < -0.4 is 0 Å². The molecule has 1 amide bonds. The van der Waals surface area contributed by atoms with Crippen molar-refractivity contribution in [2.75, 3.05) is 13.6 Å². The van der Waals surface area contributed by atoms with Crippen LogP contribution in [0.5, 0.6) is 0 Å². The second kappa shape index (κ2) is 4.40. The van der Waals surface area contributed by atoms with Crippen LogP contribution in [0, 0.1) is 5.92 Å². The van der Waals surface area contributed by atoms with E-state index < -0.39 is 0 Å². The lowest BCUT2D eigenvalue weighted by Gasteiger charge is -2.20. The summed E-state index contributed by atoms with van der Waals surface area (Å²) in [4.78, 5) is 24.7.